The Labute approximate surface area is 194 Å². The molecule has 3 aromatic rings. The molecule has 1 aliphatic heterocycles. The number of piperazine rings is 1. The number of aromatic amines is 2. The predicted molar refractivity (Wildman–Crippen MR) is 121 cm³/mol. The molecular weight excluding hydrogens is 441 g/mol. The number of amides is 2. The molecule has 0 spiro atoms. The first kappa shape index (κ1) is 22.2. The highest BCUT2D eigenvalue weighted by Gasteiger charge is 2.29. The molecule has 0 atom stereocenters. The topological polar surface area (TPSA) is 118 Å². The maximum atomic E-state index is 13.2. The van der Waals surface area contributed by atoms with E-state index in [4.69, 9.17) is 0 Å². The molecule has 11 heteroatoms. The van der Waals surface area contributed by atoms with E-state index >= 15 is 0 Å². The van der Waals surface area contributed by atoms with Crippen molar-refractivity contribution in [1.29, 1.82) is 0 Å². The van der Waals surface area contributed by atoms with E-state index in [0.717, 1.165) is 12.8 Å². The Kier molecular flexibility index (Phi) is 6.10. The van der Waals surface area contributed by atoms with Crippen molar-refractivity contribution in [3.05, 3.63) is 58.0 Å². The Bertz CT molecular complexity index is 1240. The Hall–Kier alpha value is -3.60. The van der Waals surface area contributed by atoms with Crippen molar-refractivity contribution in [3.8, 4) is 0 Å². The third kappa shape index (κ3) is 4.98. The number of nitrogens with one attached hydrogen (secondary N) is 2. The summed E-state index contributed by atoms with van der Waals surface area (Å²) in [6.45, 7) is 3.25. The number of H-pyrrole nitrogens is 2. The minimum atomic E-state index is -0.375. The molecule has 2 fully saturated rings. The van der Waals surface area contributed by atoms with Crippen molar-refractivity contribution < 1.29 is 14.0 Å². The fourth-order valence-corrected chi connectivity index (χ4v) is 4.20. The molecule has 0 unspecified atom stereocenters. The van der Waals surface area contributed by atoms with Gasteiger partial charge < -0.3 is 14.8 Å². The molecule has 2 amide bonds. The third-order valence-corrected chi connectivity index (χ3v) is 6.34. The van der Waals surface area contributed by atoms with Gasteiger partial charge in [0.2, 0.25) is 5.91 Å². The summed E-state index contributed by atoms with van der Waals surface area (Å²) in [5.41, 5.74) is 0.937. The zero-order valence-electron chi connectivity index (χ0n) is 18.7. The van der Waals surface area contributed by atoms with E-state index in [1.54, 1.807) is 9.80 Å². The summed E-state index contributed by atoms with van der Waals surface area (Å²) in [5, 5.41) is 6.48. The lowest BCUT2D eigenvalue weighted by molar-refractivity contribution is -0.133. The van der Waals surface area contributed by atoms with Gasteiger partial charge >= 0.3 is 0 Å². The lowest BCUT2D eigenvalue weighted by Gasteiger charge is -2.35. The van der Waals surface area contributed by atoms with Crippen molar-refractivity contribution >= 4 is 22.8 Å². The van der Waals surface area contributed by atoms with Gasteiger partial charge in [0.05, 0.1) is 19.3 Å². The van der Waals surface area contributed by atoms with Crippen molar-refractivity contribution in [2.45, 2.75) is 19.4 Å². The minimum Gasteiger partial charge on any atom is -0.336 e. The predicted octanol–water partition coefficient (Wildman–Crippen LogP) is 0.982. The summed E-state index contributed by atoms with van der Waals surface area (Å²) in [5.74, 6) is 0.381. The van der Waals surface area contributed by atoms with Crippen molar-refractivity contribution in [2.75, 3.05) is 39.3 Å². The normalized spacial score (nSPS) is 16.7. The number of carbonyl (C=O) groups excluding carboxylic acids is 2. The molecule has 2 aliphatic rings. The van der Waals surface area contributed by atoms with Gasteiger partial charge in [0.15, 0.2) is 0 Å². The van der Waals surface area contributed by atoms with Crippen LogP contribution in [0.3, 0.4) is 0 Å². The number of nitrogens with zero attached hydrogens (tertiary/aromatic N) is 5. The van der Waals surface area contributed by atoms with Crippen LogP contribution in [0.15, 0.2) is 35.3 Å². The van der Waals surface area contributed by atoms with Crippen LogP contribution in [0.2, 0.25) is 0 Å². The summed E-state index contributed by atoms with van der Waals surface area (Å²) < 4.78 is 13.1. The number of benzene rings is 1. The van der Waals surface area contributed by atoms with Crippen molar-refractivity contribution in [1.82, 2.24) is 34.9 Å². The summed E-state index contributed by atoms with van der Waals surface area (Å²) in [6.07, 6.45) is 3.69. The van der Waals surface area contributed by atoms with Crippen LogP contribution in [0.25, 0.3) is 11.0 Å². The highest BCUT2D eigenvalue weighted by Crippen LogP contribution is 2.30. The van der Waals surface area contributed by atoms with Crippen LogP contribution in [-0.2, 0) is 11.3 Å². The van der Waals surface area contributed by atoms with Crippen LogP contribution in [-0.4, -0.2) is 85.9 Å². The number of aromatic nitrogens is 4. The molecule has 2 aromatic heterocycles. The molecule has 0 radical (unpaired) electrons. The Morgan fingerprint density at radius 2 is 1.85 bits per heavy atom. The third-order valence-electron chi connectivity index (χ3n) is 6.34. The van der Waals surface area contributed by atoms with Gasteiger partial charge in [0.1, 0.15) is 22.7 Å². The van der Waals surface area contributed by atoms with Gasteiger partial charge in [-0.15, -0.1) is 0 Å². The van der Waals surface area contributed by atoms with E-state index in [2.05, 4.69) is 20.2 Å². The van der Waals surface area contributed by atoms with Crippen LogP contribution in [0.4, 0.5) is 4.39 Å². The van der Waals surface area contributed by atoms with Gasteiger partial charge in [-0.3, -0.25) is 24.4 Å². The first-order valence-corrected chi connectivity index (χ1v) is 11.4. The zero-order chi connectivity index (χ0) is 23.7. The SMILES string of the molecule is O=C(CN1CCN(C(=O)c2ccc(F)cc2)CC1)N(Cc1nc2cn[nH]c2c(=O)[nH]1)CC1CC1. The maximum Gasteiger partial charge on any atom is 0.276 e. The number of carbonyl (C=O) groups is 2. The molecular formula is C23H26FN7O3. The second-order valence-corrected chi connectivity index (χ2v) is 8.94. The molecule has 1 saturated heterocycles. The Morgan fingerprint density at radius 1 is 1.12 bits per heavy atom. The molecule has 10 nitrogen and oxygen atoms in total. The second kappa shape index (κ2) is 9.34. The van der Waals surface area contributed by atoms with Gasteiger partial charge in [-0.05, 0) is 43.0 Å². The van der Waals surface area contributed by atoms with Gasteiger partial charge in [-0.2, -0.15) is 5.10 Å². The van der Waals surface area contributed by atoms with Gasteiger partial charge in [0, 0.05) is 38.3 Å². The number of hydrogen-bond acceptors (Lipinski definition) is 6. The molecule has 5 rings (SSSR count). The van der Waals surface area contributed by atoms with E-state index in [1.165, 1.54) is 30.5 Å². The summed E-state index contributed by atoms with van der Waals surface area (Å²) in [7, 11) is 0. The first-order chi connectivity index (χ1) is 16.5. The van der Waals surface area contributed by atoms with E-state index in [9.17, 15) is 18.8 Å². The molecule has 1 aliphatic carbocycles. The Morgan fingerprint density at radius 3 is 2.56 bits per heavy atom. The average molecular weight is 468 g/mol. The molecule has 2 N–H and O–H groups in total. The first-order valence-electron chi connectivity index (χ1n) is 11.4. The summed E-state index contributed by atoms with van der Waals surface area (Å²) in [6, 6.07) is 5.54. The van der Waals surface area contributed by atoms with Crippen molar-refractivity contribution in [3.63, 3.8) is 0 Å². The number of halogens is 1. The van der Waals surface area contributed by atoms with E-state index in [0.29, 0.717) is 61.1 Å². The molecule has 0 bridgehead atoms. The molecule has 1 aromatic carbocycles. The zero-order valence-corrected chi connectivity index (χ0v) is 18.7. The average Bonchev–Trinajstić information content (AvgIpc) is 3.52. The fraction of sp³-hybridized carbons (Fsp3) is 0.435. The van der Waals surface area contributed by atoms with Gasteiger partial charge in [0.25, 0.3) is 11.5 Å². The summed E-state index contributed by atoms with van der Waals surface area (Å²) in [4.78, 5) is 50.8. The maximum absolute atomic E-state index is 13.2. The lowest BCUT2D eigenvalue weighted by Crippen LogP contribution is -2.51. The highest BCUT2D eigenvalue weighted by molar-refractivity contribution is 5.94. The van der Waals surface area contributed by atoms with Crippen LogP contribution in [0, 0.1) is 11.7 Å². The van der Waals surface area contributed by atoms with Crippen LogP contribution >= 0.6 is 0 Å². The molecule has 1 saturated carbocycles. The fourth-order valence-electron chi connectivity index (χ4n) is 4.20. The highest BCUT2D eigenvalue weighted by atomic mass is 19.1. The standard InChI is InChI=1S/C23H26FN7O3/c24-17-5-3-16(4-6-17)23(34)30-9-7-29(8-10-30)14-20(32)31(12-15-1-2-15)13-19-26-18-11-25-28-21(18)22(33)27-19/h3-6,11,15H,1-2,7-10,12-14H2,(H,25,28)(H,26,27,33). The summed E-state index contributed by atoms with van der Waals surface area (Å²) >= 11 is 0. The van der Waals surface area contributed by atoms with Crippen LogP contribution in [0.1, 0.15) is 29.0 Å². The van der Waals surface area contributed by atoms with E-state index in [1.807, 2.05) is 4.90 Å². The van der Waals surface area contributed by atoms with E-state index < -0.39 is 0 Å². The van der Waals surface area contributed by atoms with Gasteiger partial charge in [-0.1, -0.05) is 0 Å². The van der Waals surface area contributed by atoms with Crippen molar-refractivity contribution in [2.24, 2.45) is 5.92 Å². The number of fused-ring (bicyclic) bond motifs is 1. The second-order valence-electron chi connectivity index (χ2n) is 8.94. The smallest absolute Gasteiger partial charge is 0.276 e. The quantitative estimate of drug-likeness (QED) is 0.535. The lowest BCUT2D eigenvalue weighted by atomic mass is 10.1. The van der Waals surface area contributed by atoms with Crippen LogP contribution < -0.4 is 5.56 Å². The number of rotatable bonds is 7. The minimum absolute atomic E-state index is 0.0276. The monoisotopic (exact) mass is 467 g/mol. The molecule has 3 heterocycles. The van der Waals surface area contributed by atoms with Crippen LogP contribution in [0.5, 0.6) is 0 Å². The van der Waals surface area contributed by atoms with E-state index in [-0.39, 0.29) is 36.3 Å². The number of hydrogen-bond donors (Lipinski definition) is 2. The van der Waals surface area contributed by atoms with Gasteiger partial charge in [-0.25, -0.2) is 9.37 Å². The Balaban J connectivity index is 1.19. The molecule has 34 heavy (non-hydrogen) atoms. The molecule has 178 valence electrons. The largest absolute Gasteiger partial charge is 0.336 e.